The molecular formula is C19H20FN3O2S. The highest BCUT2D eigenvalue weighted by atomic mass is 32.2. The van der Waals surface area contributed by atoms with E-state index in [1.165, 1.54) is 12.1 Å². The van der Waals surface area contributed by atoms with Crippen molar-refractivity contribution in [1.29, 1.82) is 0 Å². The van der Waals surface area contributed by atoms with Crippen LogP contribution in [0.15, 0.2) is 36.5 Å². The van der Waals surface area contributed by atoms with E-state index in [0.717, 1.165) is 36.4 Å². The van der Waals surface area contributed by atoms with E-state index in [9.17, 15) is 14.0 Å². The number of carbonyl (C=O) groups excluding carboxylic acids is 2. The number of rotatable bonds is 4. The highest BCUT2D eigenvalue weighted by Gasteiger charge is 2.21. The second-order valence-electron chi connectivity index (χ2n) is 6.08. The van der Waals surface area contributed by atoms with Crippen LogP contribution in [0.2, 0.25) is 0 Å². The van der Waals surface area contributed by atoms with Gasteiger partial charge in [0.2, 0.25) is 5.91 Å². The molecule has 1 saturated heterocycles. The number of aromatic nitrogens is 1. The van der Waals surface area contributed by atoms with E-state index in [0.29, 0.717) is 16.9 Å². The third kappa shape index (κ3) is 4.40. The van der Waals surface area contributed by atoms with Gasteiger partial charge in [0, 0.05) is 41.5 Å². The molecule has 2 amide bonds. The molecule has 7 heteroatoms. The van der Waals surface area contributed by atoms with Crippen molar-refractivity contribution in [2.24, 2.45) is 0 Å². The van der Waals surface area contributed by atoms with Crippen LogP contribution < -0.4 is 5.32 Å². The number of carbonyl (C=O) groups is 2. The summed E-state index contributed by atoms with van der Waals surface area (Å²) in [7, 11) is 0. The molecule has 0 unspecified atom stereocenters. The molecular weight excluding hydrogens is 353 g/mol. The number of pyridine rings is 1. The summed E-state index contributed by atoms with van der Waals surface area (Å²) in [6, 6.07) is 8.09. The first kappa shape index (κ1) is 18.4. The van der Waals surface area contributed by atoms with Crippen molar-refractivity contribution < 1.29 is 14.0 Å². The first-order valence-corrected chi connectivity index (χ1v) is 9.57. The Morgan fingerprint density at radius 1 is 1.23 bits per heavy atom. The van der Waals surface area contributed by atoms with Gasteiger partial charge in [-0.1, -0.05) is 6.07 Å². The largest absolute Gasteiger partial charge is 0.337 e. The molecule has 1 aliphatic heterocycles. The van der Waals surface area contributed by atoms with E-state index in [2.05, 4.69) is 10.3 Å². The van der Waals surface area contributed by atoms with Gasteiger partial charge in [0.05, 0.1) is 12.6 Å². The molecule has 3 rings (SSSR count). The van der Waals surface area contributed by atoms with Gasteiger partial charge in [0.15, 0.2) is 0 Å². The topological polar surface area (TPSA) is 62.3 Å². The zero-order valence-electron chi connectivity index (χ0n) is 14.5. The van der Waals surface area contributed by atoms with E-state index in [-0.39, 0.29) is 18.2 Å². The fourth-order valence-corrected chi connectivity index (χ4v) is 3.71. The summed E-state index contributed by atoms with van der Waals surface area (Å²) in [4.78, 5) is 30.7. The van der Waals surface area contributed by atoms with Crippen LogP contribution in [0.1, 0.15) is 21.6 Å². The van der Waals surface area contributed by atoms with Gasteiger partial charge in [-0.15, -0.1) is 0 Å². The van der Waals surface area contributed by atoms with Crippen LogP contribution in [0, 0.1) is 12.7 Å². The molecule has 0 atom stereocenters. The SMILES string of the molecule is Cc1c(NC(=O)Cc2ccc(F)cn2)cccc1C(=O)N1CCSCC1. The van der Waals surface area contributed by atoms with Crippen molar-refractivity contribution in [2.45, 2.75) is 13.3 Å². The van der Waals surface area contributed by atoms with Gasteiger partial charge in [0.1, 0.15) is 5.82 Å². The molecule has 1 aromatic carbocycles. The molecule has 0 radical (unpaired) electrons. The maximum Gasteiger partial charge on any atom is 0.254 e. The van der Waals surface area contributed by atoms with Gasteiger partial charge in [-0.3, -0.25) is 14.6 Å². The second-order valence-corrected chi connectivity index (χ2v) is 7.30. The Kier molecular flexibility index (Phi) is 5.88. The van der Waals surface area contributed by atoms with Crippen molar-refractivity contribution in [3.05, 3.63) is 59.2 Å². The van der Waals surface area contributed by atoms with Crippen molar-refractivity contribution in [1.82, 2.24) is 9.88 Å². The number of thioether (sulfide) groups is 1. The van der Waals surface area contributed by atoms with E-state index in [1.54, 1.807) is 18.2 Å². The van der Waals surface area contributed by atoms with Crippen molar-refractivity contribution in [3.8, 4) is 0 Å². The van der Waals surface area contributed by atoms with Gasteiger partial charge in [0.25, 0.3) is 5.91 Å². The minimum Gasteiger partial charge on any atom is -0.337 e. The minimum atomic E-state index is -0.438. The summed E-state index contributed by atoms with van der Waals surface area (Å²) < 4.78 is 12.9. The smallest absolute Gasteiger partial charge is 0.254 e. The number of benzene rings is 1. The lowest BCUT2D eigenvalue weighted by molar-refractivity contribution is -0.115. The summed E-state index contributed by atoms with van der Waals surface area (Å²) in [5.41, 5.74) is 2.44. The van der Waals surface area contributed by atoms with Crippen LogP contribution in [0.3, 0.4) is 0 Å². The Hall–Kier alpha value is -2.41. The Morgan fingerprint density at radius 2 is 2.00 bits per heavy atom. The van der Waals surface area contributed by atoms with Crippen LogP contribution in [-0.2, 0) is 11.2 Å². The maximum atomic E-state index is 12.9. The van der Waals surface area contributed by atoms with Gasteiger partial charge >= 0.3 is 0 Å². The molecule has 0 saturated carbocycles. The molecule has 1 aliphatic rings. The number of hydrogen-bond acceptors (Lipinski definition) is 4. The molecule has 0 spiro atoms. The van der Waals surface area contributed by atoms with Crippen LogP contribution >= 0.6 is 11.8 Å². The summed E-state index contributed by atoms with van der Waals surface area (Å²) in [6.07, 6.45) is 1.13. The summed E-state index contributed by atoms with van der Waals surface area (Å²) in [6.45, 7) is 3.32. The summed E-state index contributed by atoms with van der Waals surface area (Å²) >= 11 is 1.85. The Balaban J connectivity index is 1.71. The predicted molar refractivity (Wildman–Crippen MR) is 101 cm³/mol. The molecule has 5 nitrogen and oxygen atoms in total. The van der Waals surface area contributed by atoms with Crippen LogP contribution in [0.5, 0.6) is 0 Å². The quantitative estimate of drug-likeness (QED) is 0.895. The normalized spacial score (nSPS) is 14.2. The molecule has 26 heavy (non-hydrogen) atoms. The molecule has 2 heterocycles. The third-order valence-electron chi connectivity index (χ3n) is 4.27. The van der Waals surface area contributed by atoms with Crippen molar-refractivity contribution in [3.63, 3.8) is 0 Å². The van der Waals surface area contributed by atoms with E-state index in [4.69, 9.17) is 0 Å². The van der Waals surface area contributed by atoms with Gasteiger partial charge < -0.3 is 10.2 Å². The zero-order valence-corrected chi connectivity index (χ0v) is 15.3. The summed E-state index contributed by atoms with van der Waals surface area (Å²) in [5, 5.41) is 2.82. The molecule has 0 bridgehead atoms. The molecule has 0 aliphatic carbocycles. The number of anilines is 1. The summed E-state index contributed by atoms with van der Waals surface area (Å²) in [5.74, 6) is 1.20. The average molecular weight is 373 g/mol. The Bertz CT molecular complexity index is 805. The number of nitrogens with one attached hydrogen (secondary N) is 1. The fraction of sp³-hybridized carbons (Fsp3) is 0.316. The zero-order chi connectivity index (χ0) is 18.5. The predicted octanol–water partition coefficient (Wildman–Crippen LogP) is 2.90. The molecule has 1 fully saturated rings. The third-order valence-corrected chi connectivity index (χ3v) is 5.21. The Labute approximate surface area is 156 Å². The average Bonchev–Trinajstić information content (AvgIpc) is 2.65. The first-order chi connectivity index (χ1) is 12.5. The van der Waals surface area contributed by atoms with Gasteiger partial charge in [-0.25, -0.2) is 4.39 Å². The number of halogens is 1. The van der Waals surface area contributed by atoms with E-state index >= 15 is 0 Å². The van der Waals surface area contributed by atoms with Crippen molar-refractivity contribution in [2.75, 3.05) is 29.9 Å². The van der Waals surface area contributed by atoms with E-state index < -0.39 is 5.82 Å². The number of amides is 2. The standard InChI is InChI=1S/C19H20FN3O2S/c1-13-16(19(25)23-7-9-26-10-8-23)3-2-4-17(13)22-18(24)11-15-6-5-14(20)12-21-15/h2-6,12H,7-11H2,1H3,(H,22,24). The molecule has 136 valence electrons. The molecule has 2 aromatic rings. The monoisotopic (exact) mass is 373 g/mol. The second kappa shape index (κ2) is 8.31. The molecule has 1 aromatic heterocycles. The van der Waals surface area contributed by atoms with Gasteiger partial charge in [-0.05, 0) is 36.8 Å². The van der Waals surface area contributed by atoms with Gasteiger partial charge in [-0.2, -0.15) is 11.8 Å². The van der Waals surface area contributed by atoms with Crippen LogP contribution in [0.25, 0.3) is 0 Å². The van der Waals surface area contributed by atoms with Crippen LogP contribution in [-0.4, -0.2) is 46.3 Å². The highest BCUT2D eigenvalue weighted by molar-refractivity contribution is 7.99. The maximum absolute atomic E-state index is 12.9. The lowest BCUT2D eigenvalue weighted by Gasteiger charge is -2.27. The first-order valence-electron chi connectivity index (χ1n) is 8.41. The lowest BCUT2D eigenvalue weighted by atomic mass is 10.0. The number of hydrogen-bond donors (Lipinski definition) is 1. The van der Waals surface area contributed by atoms with Crippen molar-refractivity contribution >= 4 is 29.3 Å². The fourth-order valence-electron chi connectivity index (χ4n) is 2.81. The lowest BCUT2D eigenvalue weighted by Crippen LogP contribution is -2.38. The molecule has 1 N–H and O–H groups in total. The Morgan fingerprint density at radius 3 is 2.69 bits per heavy atom. The number of nitrogens with zero attached hydrogens (tertiary/aromatic N) is 2. The van der Waals surface area contributed by atoms with E-state index in [1.807, 2.05) is 23.6 Å². The minimum absolute atomic E-state index is 0.000833. The highest BCUT2D eigenvalue weighted by Crippen LogP contribution is 2.22. The van der Waals surface area contributed by atoms with Crippen LogP contribution in [0.4, 0.5) is 10.1 Å².